The van der Waals surface area contributed by atoms with Gasteiger partial charge in [0.2, 0.25) is 0 Å². The van der Waals surface area contributed by atoms with Crippen molar-refractivity contribution in [1.82, 2.24) is 9.97 Å². The van der Waals surface area contributed by atoms with Gasteiger partial charge < -0.3 is 14.8 Å². The Hall–Kier alpha value is -1.77. The maximum atomic E-state index is 11.7. The summed E-state index contributed by atoms with van der Waals surface area (Å²) in [5, 5.41) is 3.93. The van der Waals surface area contributed by atoms with E-state index in [0.29, 0.717) is 29.9 Å². The van der Waals surface area contributed by atoms with Crippen molar-refractivity contribution < 1.29 is 17.9 Å². The summed E-state index contributed by atoms with van der Waals surface area (Å²) in [6.07, 6.45) is 2.56. The second kappa shape index (κ2) is 5.79. The predicted octanol–water partition coefficient (Wildman–Crippen LogP) is 0.859. The van der Waals surface area contributed by atoms with Crippen LogP contribution in [0.3, 0.4) is 0 Å². The molecule has 7 nitrogen and oxygen atoms in total. The zero-order valence-electron chi connectivity index (χ0n) is 12.3. The molecule has 1 saturated heterocycles. The third kappa shape index (κ3) is 2.90. The SMILES string of the molecule is CO[C@@H]1COC[C@@H]1Nc1ncnc2ccc(S(C)(=O)=O)cc12. The number of nitrogens with one attached hydrogen (secondary N) is 1. The Morgan fingerprint density at radius 2 is 2.14 bits per heavy atom. The minimum atomic E-state index is -3.29. The molecule has 0 amide bonds. The van der Waals surface area contributed by atoms with E-state index < -0.39 is 9.84 Å². The van der Waals surface area contributed by atoms with E-state index >= 15 is 0 Å². The molecule has 0 radical (unpaired) electrons. The first kappa shape index (κ1) is 15.1. The van der Waals surface area contributed by atoms with Crippen LogP contribution in [-0.2, 0) is 19.3 Å². The summed E-state index contributed by atoms with van der Waals surface area (Å²) in [6, 6.07) is 4.78. The van der Waals surface area contributed by atoms with Crippen molar-refractivity contribution >= 4 is 26.6 Å². The number of hydrogen-bond acceptors (Lipinski definition) is 7. The first-order valence-electron chi connectivity index (χ1n) is 6.81. The van der Waals surface area contributed by atoms with Gasteiger partial charge in [0.25, 0.3) is 0 Å². The topological polar surface area (TPSA) is 90.4 Å². The van der Waals surface area contributed by atoms with Crippen molar-refractivity contribution in [2.45, 2.75) is 17.0 Å². The van der Waals surface area contributed by atoms with Crippen molar-refractivity contribution in [3.05, 3.63) is 24.5 Å². The first-order chi connectivity index (χ1) is 10.5. The molecule has 118 valence electrons. The van der Waals surface area contributed by atoms with Crippen LogP contribution in [0.4, 0.5) is 5.82 Å². The molecule has 0 saturated carbocycles. The van der Waals surface area contributed by atoms with Crippen molar-refractivity contribution in [3.8, 4) is 0 Å². The van der Waals surface area contributed by atoms with Crippen molar-refractivity contribution in [1.29, 1.82) is 0 Å². The first-order valence-corrected chi connectivity index (χ1v) is 8.70. The molecule has 22 heavy (non-hydrogen) atoms. The third-order valence-corrected chi connectivity index (χ3v) is 4.80. The maximum Gasteiger partial charge on any atom is 0.175 e. The number of fused-ring (bicyclic) bond motifs is 1. The Balaban J connectivity index is 2.02. The molecule has 8 heteroatoms. The molecule has 0 aliphatic carbocycles. The Labute approximate surface area is 128 Å². The van der Waals surface area contributed by atoms with Crippen LogP contribution in [-0.4, -0.2) is 57.1 Å². The highest BCUT2D eigenvalue weighted by Crippen LogP contribution is 2.25. The zero-order valence-corrected chi connectivity index (χ0v) is 13.1. The molecule has 0 spiro atoms. The minimum Gasteiger partial charge on any atom is -0.377 e. The molecule has 3 rings (SSSR count). The molecule has 0 unspecified atom stereocenters. The van der Waals surface area contributed by atoms with E-state index in [9.17, 15) is 8.42 Å². The average molecular weight is 323 g/mol. The number of methoxy groups -OCH3 is 1. The number of hydrogen-bond donors (Lipinski definition) is 1. The standard InChI is InChI=1S/C14H17N3O4S/c1-20-13-7-21-6-12(13)17-14-10-5-9(22(2,18)19)3-4-11(10)15-8-16-14/h3-5,8,12-13H,6-7H2,1-2H3,(H,15,16,17)/t12-,13+/m0/s1. The van der Waals surface area contributed by atoms with Gasteiger partial charge >= 0.3 is 0 Å². The van der Waals surface area contributed by atoms with E-state index in [2.05, 4.69) is 15.3 Å². The third-order valence-electron chi connectivity index (χ3n) is 3.69. The monoisotopic (exact) mass is 323 g/mol. The Bertz CT molecular complexity index is 794. The van der Waals surface area contributed by atoms with Crippen LogP contribution >= 0.6 is 0 Å². The molecule has 2 heterocycles. The van der Waals surface area contributed by atoms with Crippen LogP contribution in [0.15, 0.2) is 29.4 Å². The molecular weight excluding hydrogens is 306 g/mol. The van der Waals surface area contributed by atoms with Gasteiger partial charge in [0.15, 0.2) is 9.84 Å². The molecule has 0 bridgehead atoms. The fourth-order valence-electron chi connectivity index (χ4n) is 2.46. The van der Waals surface area contributed by atoms with Crippen LogP contribution < -0.4 is 5.32 Å². The summed E-state index contributed by atoms with van der Waals surface area (Å²) in [6.45, 7) is 1.03. The number of sulfone groups is 1. The summed E-state index contributed by atoms with van der Waals surface area (Å²) < 4.78 is 34.2. The fourth-order valence-corrected chi connectivity index (χ4v) is 3.11. The van der Waals surface area contributed by atoms with E-state index in [1.54, 1.807) is 25.3 Å². The summed E-state index contributed by atoms with van der Waals surface area (Å²) in [5.74, 6) is 0.577. The molecule has 2 aromatic rings. The lowest BCUT2D eigenvalue weighted by Gasteiger charge is -2.19. The molecule has 1 aliphatic rings. The van der Waals surface area contributed by atoms with Gasteiger partial charge in [0.05, 0.1) is 29.7 Å². The molecular formula is C14H17N3O4S. The average Bonchev–Trinajstić information content (AvgIpc) is 2.93. The van der Waals surface area contributed by atoms with Gasteiger partial charge in [0, 0.05) is 18.8 Å². The minimum absolute atomic E-state index is 0.0370. The van der Waals surface area contributed by atoms with E-state index in [1.807, 2.05) is 0 Å². The quantitative estimate of drug-likeness (QED) is 0.892. The number of ether oxygens (including phenoxy) is 2. The summed E-state index contributed by atoms with van der Waals surface area (Å²) in [5.41, 5.74) is 0.679. The van der Waals surface area contributed by atoms with Gasteiger partial charge in [-0.15, -0.1) is 0 Å². The van der Waals surface area contributed by atoms with Crippen LogP contribution in [0.1, 0.15) is 0 Å². The van der Waals surface area contributed by atoms with Crippen molar-refractivity contribution in [2.75, 3.05) is 31.9 Å². The van der Waals surface area contributed by atoms with Gasteiger partial charge in [-0.2, -0.15) is 0 Å². The van der Waals surface area contributed by atoms with E-state index in [4.69, 9.17) is 9.47 Å². The lowest BCUT2D eigenvalue weighted by molar-refractivity contribution is 0.0795. The largest absolute Gasteiger partial charge is 0.377 e. The highest BCUT2D eigenvalue weighted by atomic mass is 32.2. The molecule has 1 aromatic heterocycles. The van der Waals surface area contributed by atoms with Gasteiger partial charge in [-0.05, 0) is 18.2 Å². The second-order valence-corrected chi connectivity index (χ2v) is 7.25. The van der Waals surface area contributed by atoms with Crippen molar-refractivity contribution in [2.24, 2.45) is 0 Å². The number of rotatable bonds is 4. The van der Waals surface area contributed by atoms with Crippen molar-refractivity contribution in [3.63, 3.8) is 0 Å². The molecule has 1 aromatic carbocycles. The van der Waals surface area contributed by atoms with E-state index in [0.717, 1.165) is 0 Å². The summed E-state index contributed by atoms with van der Waals surface area (Å²) in [7, 11) is -1.65. The maximum absolute atomic E-state index is 11.7. The normalized spacial score (nSPS) is 22.1. The lowest BCUT2D eigenvalue weighted by atomic mass is 10.2. The van der Waals surface area contributed by atoms with E-state index in [-0.39, 0.29) is 17.0 Å². The van der Waals surface area contributed by atoms with Gasteiger partial charge in [-0.1, -0.05) is 0 Å². The zero-order chi connectivity index (χ0) is 15.7. The number of benzene rings is 1. The highest BCUT2D eigenvalue weighted by molar-refractivity contribution is 7.90. The molecule has 1 N–H and O–H groups in total. The Morgan fingerprint density at radius 3 is 2.86 bits per heavy atom. The Kier molecular flexibility index (Phi) is 3.98. The smallest absolute Gasteiger partial charge is 0.175 e. The Morgan fingerprint density at radius 1 is 1.32 bits per heavy atom. The lowest BCUT2D eigenvalue weighted by Crippen LogP contribution is -2.33. The second-order valence-electron chi connectivity index (χ2n) is 5.24. The summed E-state index contributed by atoms with van der Waals surface area (Å²) in [4.78, 5) is 8.64. The predicted molar refractivity (Wildman–Crippen MR) is 81.7 cm³/mol. The number of aromatic nitrogens is 2. The van der Waals surface area contributed by atoms with Gasteiger partial charge in [0.1, 0.15) is 18.2 Å². The van der Waals surface area contributed by atoms with Crippen LogP contribution in [0.5, 0.6) is 0 Å². The van der Waals surface area contributed by atoms with Crippen LogP contribution in [0, 0.1) is 0 Å². The molecule has 1 aliphatic heterocycles. The highest BCUT2D eigenvalue weighted by Gasteiger charge is 2.28. The van der Waals surface area contributed by atoms with Gasteiger partial charge in [-0.3, -0.25) is 0 Å². The van der Waals surface area contributed by atoms with E-state index in [1.165, 1.54) is 12.6 Å². The van der Waals surface area contributed by atoms with Crippen LogP contribution in [0.25, 0.3) is 10.9 Å². The van der Waals surface area contributed by atoms with Crippen LogP contribution in [0.2, 0.25) is 0 Å². The number of nitrogens with zero attached hydrogens (tertiary/aromatic N) is 2. The summed E-state index contributed by atoms with van der Waals surface area (Å²) >= 11 is 0. The molecule has 2 atom stereocenters. The van der Waals surface area contributed by atoms with Gasteiger partial charge in [-0.25, -0.2) is 18.4 Å². The fraction of sp³-hybridized carbons (Fsp3) is 0.429. The molecule has 1 fully saturated rings. The number of anilines is 1.